The molecule has 1 N–H and O–H groups in total. The Bertz CT molecular complexity index is 516. The number of aliphatic carboxylic acids is 1. The van der Waals surface area contributed by atoms with E-state index >= 15 is 0 Å². The number of carboxylic acid groups (broad SMARTS) is 1. The molecule has 0 radical (unpaired) electrons. The number of hydrogen-bond donors (Lipinski definition) is 1. The molecule has 6 heteroatoms. The molecule has 2 rings (SSSR count). The smallest absolute Gasteiger partial charge is 0.313 e. The van der Waals surface area contributed by atoms with Crippen molar-refractivity contribution in [1.29, 1.82) is 0 Å². The Labute approximate surface area is 101 Å². The Morgan fingerprint density at radius 2 is 2.35 bits per heavy atom. The summed E-state index contributed by atoms with van der Waals surface area (Å²) < 4.78 is 16.8. The molecular formula is C11H9FN2O2S. The van der Waals surface area contributed by atoms with Crippen molar-refractivity contribution in [3.63, 3.8) is 0 Å². The van der Waals surface area contributed by atoms with Crippen molar-refractivity contribution in [2.24, 2.45) is 0 Å². The molecule has 0 bridgehead atoms. The first-order valence-electron chi connectivity index (χ1n) is 4.90. The fraction of sp³-hybridized carbons (Fsp3) is 0.182. The van der Waals surface area contributed by atoms with Crippen molar-refractivity contribution in [2.45, 2.75) is 12.3 Å². The second kappa shape index (κ2) is 5.01. The Morgan fingerprint density at radius 1 is 1.53 bits per heavy atom. The molecule has 0 aliphatic heterocycles. The Morgan fingerprint density at radius 3 is 2.94 bits per heavy atom. The average Bonchev–Trinajstić information content (AvgIpc) is 2.78. The van der Waals surface area contributed by atoms with Crippen molar-refractivity contribution in [1.82, 2.24) is 9.36 Å². The lowest BCUT2D eigenvalue weighted by Gasteiger charge is -2.08. The van der Waals surface area contributed by atoms with Crippen LogP contribution in [0.3, 0.4) is 0 Å². The molecule has 0 spiro atoms. The highest BCUT2D eigenvalue weighted by molar-refractivity contribution is 7.05. The van der Waals surface area contributed by atoms with Crippen LogP contribution in [0.25, 0.3) is 0 Å². The molecule has 88 valence electrons. The van der Waals surface area contributed by atoms with Crippen LogP contribution in [0.2, 0.25) is 0 Å². The molecule has 0 aliphatic carbocycles. The minimum atomic E-state index is -0.981. The topological polar surface area (TPSA) is 63.1 Å². The van der Waals surface area contributed by atoms with Crippen molar-refractivity contribution in [3.8, 4) is 0 Å². The van der Waals surface area contributed by atoms with Gasteiger partial charge in [-0.05, 0) is 35.6 Å². The molecule has 0 saturated carbocycles. The van der Waals surface area contributed by atoms with E-state index in [9.17, 15) is 9.18 Å². The van der Waals surface area contributed by atoms with Gasteiger partial charge in [0.1, 0.15) is 23.1 Å². The number of rotatable bonds is 4. The Balaban J connectivity index is 2.22. The summed E-state index contributed by atoms with van der Waals surface area (Å²) in [6, 6.07) is 5.91. The first kappa shape index (κ1) is 11.7. The molecule has 1 unspecified atom stereocenters. The Kier molecular flexibility index (Phi) is 3.43. The van der Waals surface area contributed by atoms with Gasteiger partial charge in [-0.25, -0.2) is 9.37 Å². The van der Waals surface area contributed by atoms with E-state index < -0.39 is 11.9 Å². The number of aromatic nitrogens is 2. The van der Waals surface area contributed by atoms with Gasteiger partial charge in [-0.15, -0.1) is 0 Å². The zero-order valence-corrected chi connectivity index (χ0v) is 9.52. The zero-order chi connectivity index (χ0) is 12.3. The average molecular weight is 252 g/mol. The van der Waals surface area contributed by atoms with E-state index in [0.717, 1.165) is 11.5 Å². The summed E-state index contributed by atoms with van der Waals surface area (Å²) in [7, 11) is 0. The van der Waals surface area contributed by atoms with Crippen LogP contribution in [0.15, 0.2) is 30.6 Å². The van der Waals surface area contributed by atoms with E-state index in [1.54, 1.807) is 12.1 Å². The maximum absolute atomic E-state index is 13.0. The molecule has 0 saturated heterocycles. The summed E-state index contributed by atoms with van der Waals surface area (Å²) in [6.45, 7) is 0. The first-order valence-corrected chi connectivity index (χ1v) is 5.68. The molecule has 0 amide bonds. The monoisotopic (exact) mass is 252 g/mol. The number of benzene rings is 1. The fourth-order valence-electron chi connectivity index (χ4n) is 1.52. The summed E-state index contributed by atoms with van der Waals surface area (Å²) in [5.74, 6) is -2.13. The molecule has 17 heavy (non-hydrogen) atoms. The first-order chi connectivity index (χ1) is 8.16. The van der Waals surface area contributed by atoms with Gasteiger partial charge < -0.3 is 5.11 Å². The predicted molar refractivity (Wildman–Crippen MR) is 60.4 cm³/mol. The van der Waals surface area contributed by atoms with Gasteiger partial charge in [-0.3, -0.25) is 4.79 Å². The van der Waals surface area contributed by atoms with Crippen LogP contribution >= 0.6 is 11.5 Å². The number of hydrogen-bond acceptors (Lipinski definition) is 4. The third-order valence-electron chi connectivity index (χ3n) is 2.30. The summed E-state index contributed by atoms with van der Waals surface area (Å²) in [5.41, 5.74) is 0.632. The normalized spacial score (nSPS) is 12.3. The van der Waals surface area contributed by atoms with Crippen LogP contribution in [0.5, 0.6) is 0 Å². The van der Waals surface area contributed by atoms with Gasteiger partial charge in [0, 0.05) is 0 Å². The summed E-state index contributed by atoms with van der Waals surface area (Å²) in [4.78, 5) is 15.0. The third-order valence-corrected chi connectivity index (χ3v) is 3.08. The molecule has 2 aromatic rings. The van der Waals surface area contributed by atoms with Gasteiger partial charge in [-0.2, -0.15) is 4.37 Å². The fourth-order valence-corrected chi connectivity index (χ4v) is 2.12. The second-order valence-corrected chi connectivity index (χ2v) is 4.32. The van der Waals surface area contributed by atoms with Gasteiger partial charge in [0.2, 0.25) is 0 Å². The lowest BCUT2D eigenvalue weighted by Crippen LogP contribution is -2.14. The Hall–Kier alpha value is -1.82. The van der Waals surface area contributed by atoms with E-state index in [-0.39, 0.29) is 12.2 Å². The largest absolute Gasteiger partial charge is 0.481 e. The molecule has 0 aliphatic rings. The SMILES string of the molecule is O=C(O)C(Cc1cccc(F)c1)c1ncns1. The summed E-state index contributed by atoms with van der Waals surface area (Å²) in [5, 5.41) is 9.55. The number of nitrogens with zero attached hydrogens (tertiary/aromatic N) is 2. The van der Waals surface area contributed by atoms with Crippen LogP contribution in [0.4, 0.5) is 4.39 Å². The van der Waals surface area contributed by atoms with Crippen molar-refractivity contribution in [3.05, 3.63) is 47.0 Å². The van der Waals surface area contributed by atoms with E-state index in [4.69, 9.17) is 5.11 Å². The van der Waals surface area contributed by atoms with Crippen LogP contribution in [0, 0.1) is 5.82 Å². The lowest BCUT2D eigenvalue weighted by atomic mass is 10.00. The minimum Gasteiger partial charge on any atom is -0.481 e. The second-order valence-electron chi connectivity index (χ2n) is 3.50. The van der Waals surface area contributed by atoms with Crippen molar-refractivity contribution >= 4 is 17.5 Å². The van der Waals surface area contributed by atoms with E-state index in [0.29, 0.717) is 10.6 Å². The molecular weight excluding hydrogens is 243 g/mol. The highest BCUT2D eigenvalue weighted by Gasteiger charge is 2.23. The maximum atomic E-state index is 13.0. The lowest BCUT2D eigenvalue weighted by molar-refractivity contribution is -0.138. The van der Waals surface area contributed by atoms with Gasteiger partial charge >= 0.3 is 5.97 Å². The standard InChI is InChI=1S/C11H9FN2O2S/c12-8-3-1-2-7(4-8)5-9(11(15)16)10-13-6-14-17-10/h1-4,6,9H,5H2,(H,15,16). The van der Waals surface area contributed by atoms with Crippen LogP contribution in [0.1, 0.15) is 16.5 Å². The van der Waals surface area contributed by atoms with Crippen LogP contribution in [-0.2, 0) is 11.2 Å². The molecule has 1 heterocycles. The number of halogens is 1. The van der Waals surface area contributed by atoms with Gasteiger partial charge in [0.25, 0.3) is 0 Å². The predicted octanol–water partition coefficient (Wildman–Crippen LogP) is 2.09. The van der Waals surface area contributed by atoms with E-state index in [1.807, 2.05) is 0 Å². The highest BCUT2D eigenvalue weighted by Crippen LogP contribution is 2.22. The van der Waals surface area contributed by atoms with Crippen LogP contribution < -0.4 is 0 Å². The van der Waals surface area contributed by atoms with Gasteiger partial charge in [0.05, 0.1) is 0 Å². The van der Waals surface area contributed by atoms with Crippen molar-refractivity contribution in [2.75, 3.05) is 0 Å². The number of carbonyl (C=O) groups is 1. The van der Waals surface area contributed by atoms with Crippen molar-refractivity contribution < 1.29 is 14.3 Å². The van der Waals surface area contributed by atoms with Gasteiger partial charge in [-0.1, -0.05) is 12.1 Å². The van der Waals surface area contributed by atoms with E-state index in [2.05, 4.69) is 9.36 Å². The van der Waals surface area contributed by atoms with Crippen LogP contribution in [-0.4, -0.2) is 20.4 Å². The molecule has 1 aromatic heterocycles. The van der Waals surface area contributed by atoms with E-state index in [1.165, 1.54) is 18.5 Å². The zero-order valence-electron chi connectivity index (χ0n) is 8.71. The molecule has 1 atom stereocenters. The minimum absolute atomic E-state index is 0.211. The molecule has 1 aromatic carbocycles. The summed E-state index contributed by atoms with van der Waals surface area (Å²) >= 11 is 1.05. The highest BCUT2D eigenvalue weighted by atomic mass is 32.1. The maximum Gasteiger partial charge on any atom is 0.313 e. The molecule has 0 fully saturated rings. The quantitative estimate of drug-likeness (QED) is 0.905. The number of carboxylic acids is 1. The summed E-state index contributed by atoms with van der Waals surface area (Å²) in [6.07, 6.45) is 1.53. The van der Waals surface area contributed by atoms with Gasteiger partial charge in [0.15, 0.2) is 0 Å². The molecule has 4 nitrogen and oxygen atoms in total. The third kappa shape index (κ3) is 2.85.